The van der Waals surface area contributed by atoms with Gasteiger partial charge in [-0.3, -0.25) is 4.79 Å². The fraction of sp³-hybridized carbons (Fsp3) is 0.100. The molecule has 0 spiro atoms. The van der Waals surface area contributed by atoms with Gasteiger partial charge in [-0.05, 0) is 0 Å². The van der Waals surface area contributed by atoms with Gasteiger partial charge in [0, 0.05) is 18.6 Å². The number of nitrogens with two attached hydrogens (primary N) is 1. The molecular formula is C10H9N5O2. The molecule has 0 atom stereocenters. The van der Waals surface area contributed by atoms with Gasteiger partial charge in [0.15, 0.2) is 5.82 Å². The second-order valence-corrected chi connectivity index (χ2v) is 3.11. The summed E-state index contributed by atoms with van der Waals surface area (Å²) < 4.78 is 5.05. The minimum Gasteiger partial charge on any atom is -0.480 e. The molecule has 2 rings (SSSR count). The standard InChI is InChI=1S/C10H9N5O2/c1-17-10-7(4-12-5-15-10)9-13-2-6(3-14-9)8(11)16/h2-5H,1H3,(H2,11,16). The molecule has 0 fully saturated rings. The highest BCUT2D eigenvalue weighted by atomic mass is 16.5. The van der Waals surface area contributed by atoms with E-state index in [-0.39, 0.29) is 5.56 Å². The SMILES string of the molecule is COc1ncncc1-c1ncc(C(N)=O)cn1. The molecule has 0 unspecified atom stereocenters. The first-order valence-corrected chi connectivity index (χ1v) is 4.68. The average molecular weight is 231 g/mol. The van der Waals surface area contributed by atoms with Crippen molar-refractivity contribution in [3.05, 3.63) is 30.5 Å². The summed E-state index contributed by atoms with van der Waals surface area (Å²) in [6.07, 6.45) is 5.58. The van der Waals surface area contributed by atoms with Gasteiger partial charge in [0.25, 0.3) is 5.91 Å². The minimum atomic E-state index is -0.576. The van der Waals surface area contributed by atoms with Crippen LogP contribution in [0.25, 0.3) is 11.4 Å². The zero-order valence-corrected chi connectivity index (χ0v) is 8.99. The van der Waals surface area contributed by atoms with E-state index < -0.39 is 5.91 Å². The molecule has 0 aromatic carbocycles. The molecule has 7 nitrogen and oxygen atoms in total. The van der Waals surface area contributed by atoms with Crippen LogP contribution in [0.3, 0.4) is 0 Å². The smallest absolute Gasteiger partial charge is 0.251 e. The summed E-state index contributed by atoms with van der Waals surface area (Å²) in [5, 5.41) is 0. The number of carbonyl (C=O) groups excluding carboxylic acids is 1. The van der Waals surface area contributed by atoms with Gasteiger partial charge >= 0.3 is 0 Å². The van der Waals surface area contributed by atoms with Gasteiger partial charge in [-0.1, -0.05) is 0 Å². The van der Waals surface area contributed by atoms with E-state index in [0.29, 0.717) is 17.3 Å². The van der Waals surface area contributed by atoms with Crippen molar-refractivity contribution in [1.82, 2.24) is 19.9 Å². The molecule has 0 aliphatic rings. The Morgan fingerprint density at radius 2 is 1.94 bits per heavy atom. The van der Waals surface area contributed by atoms with Gasteiger partial charge in [-0.25, -0.2) is 19.9 Å². The van der Waals surface area contributed by atoms with Gasteiger partial charge in [0.1, 0.15) is 6.33 Å². The number of hydrogen-bond acceptors (Lipinski definition) is 6. The van der Waals surface area contributed by atoms with E-state index in [9.17, 15) is 4.79 Å². The van der Waals surface area contributed by atoms with Crippen LogP contribution in [0.15, 0.2) is 24.9 Å². The summed E-state index contributed by atoms with van der Waals surface area (Å²) in [6.45, 7) is 0. The monoisotopic (exact) mass is 231 g/mol. The van der Waals surface area contributed by atoms with Crippen molar-refractivity contribution in [1.29, 1.82) is 0 Å². The maximum Gasteiger partial charge on any atom is 0.251 e. The first-order chi connectivity index (χ1) is 8.22. The highest BCUT2D eigenvalue weighted by Gasteiger charge is 2.10. The van der Waals surface area contributed by atoms with Crippen molar-refractivity contribution in [2.24, 2.45) is 5.73 Å². The topological polar surface area (TPSA) is 104 Å². The maximum absolute atomic E-state index is 10.9. The lowest BCUT2D eigenvalue weighted by atomic mass is 10.3. The zero-order chi connectivity index (χ0) is 12.3. The van der Waals surface area contributed by atoms with Gasteiger partial charge in [-0.2, -0.15) is 0 Å². The molecule has 1 amide bonds. The largest absolute Gasteiger partial charge is 0.480 e. The van der Waals surface area contributed by atoms with Crippen molar-refractivity contribution in [3.63, 3.8) is 0 Å². The molecule has 2 aromatic rings. The predicted molar refractivity (Wildman–Crippen MR) is 58.1 cm³/mol. The number of carbonyl (C=O) groups is 1. The highest BCUT2D eigenvalue weighted by Crippen LogP contribution is 2.22. The predicted octanol–water partition coefficient (Wildman–Crippen LogP) is 0.0411. The van der Waals surface area contributed by atoms with Gasteiger partial charge < -0.3 is 10.5 Å². The Balaban J connectivity index is 2.43. The molecule has 2 heterocycles. The van der Waals surface area contributed by atoms with Crippen LogP contribution in [-0.4, -0.2) is 33.0 Å². The molecular weight excluding hydrogens is 222 g/mol. The van der Waals surface area contributed by atoms with Crippen molar-refractivity contribution in [3.8, 4) is 17.3 Å². The third-order valence-electron chi connectivity index (χ3n) is 2.05. The lowest BCUT2D eigenvalue weighted by molar-refractivity contribution is 0.0999. The second kappa shape index (κ2) is 4.52. The minimum absolute atomic E-state index is 0.240. The molecule has 7 heteroatoms. The third-order valence-corrected chi connectivity index (χ3v) is 2.05. The molecule has 0 saturated carbocycles. The summed E-state index contributed by atoms with van der Waals surface area (Å²) in [4.78, 5) is 26.7. The van der Waals surface area contributed by atoms with Gasteiger partial charge in [-0.15, -0.1) is 0 Å². The normalized spacial score (nSPS) is 9.94. The Morgan fingerprint density at radius 3 is 2.53 bits per heavy atom. The number of rotatable bonds is 3. The van der Waals surface area contributed by atoms with Gasteiger partial charge in [0.2, 0.25) is 5.88 Å². The number of primary amides is 1. The molecule has 2 N–H and O–H groups in total. The second-order valence-electron chi connectivity index (χ2n) is 3.11. The number of hydrogen-bond donors (Lipinski definition) is 1. The van der Waals surface area contributed by atoms with Gasteiger partial charge in [0.05, 0.1) is 18.2 Å². The number of ether oxygens (including phenoxy) is 1. The lowest BCUT2D eigenvalue weighted by Gasteiger charge is -2.04. The van der Waals surface area contributed by atoms with Crippen LogP contribution in [0.5, 0.6) is 5.88 Å². The molecule has 17 heavy (non-hydrogen) atoms. The van der Waals surface area contributed by atoms with E-state index in [1.54, 1.807) is 0 Å². The Kier molecular flexibility index (Phi) is 2.91. The Hall–Kier alpha value is -2.57. The fourth-order valence-electron chi connectivity index (χ4n) is 1.23. The van der Waals surface area contributed by atoms with E-state index in [0.717, 1.165) is 0 Å². The molecule has 0 aliphatic carbocycles. The first-order valence-electron chi connectivity index (χ1n) is 4.68. The summed E-state index contributed by atoms with van der Waals surface area (Å²) in [7, 11) is 1.49. The molecule has 0 saturated heterocycles. The molecule has 0 aliphatic heterocycles. The fourth-order valence-corrected chi connectivity index (χ4v) is 1.23. The number of aromatic nitrogens is 4. The molecule has 0 bridgehead atoms. The Morgan fingerprint density at radius 1 is 1.24 bits per heavy atom. The van der Waals surface area contributed by atoms with Crippen LogP contribution in [0.4, 0.5) is 0 Å². The summed E-state index contributed by atoms with van der Waals surface area (Å²) in [6, 6.07) is 0. The van der Waals surface area contributed by atoms with E-state index in [1.165, 1.54) is 32.0 Å². The van der Waals surface area contributed by atoms with Crippen molar-refractivity contribution >= 4 is 5.91 Å². The highest BCUT2D eigenvalue weighted by molar-refractivity contribution is 5.92. The number of amides is 1. The molecule has 86 valence electrons. The van der Waals surface area contributed by atoms with Crippen molar-refractivity contribution < 1.29 is 9.53 Å². The quantitative estimate of drug-likeness (QED) is 0.799. The maximum atomic E-state index is 10.9. The summed E-state index contributed by atoms with van der Waals surface area (Å²) in [5.74, 6) is 0.159. The van der Waals surface area contributed by atoms with E-state index in [2.05, 4.69) is 19.9 Å². The first kappa shape index (κ1) is 10.9. The zero-order valence-electron chi connectivity index (χ0n) is 8.99. The van der Waals surface area contributed by atoms with Crippen LogP contribution in [0.1, 0.15) is 10.4 Å². The van der Waals surface area contributed by atoms with Crippen LogP contribution in [0.2, 0.25) is 0 Å². The Bertz CT molecular complexity index is 541. The summed E-state index contributed by atoms with van der Waals surface area (Å²) >= 11 is 0. The van der Waals surface area contributed by atoms with E-state index in [1.807, 2.05) is 0 Å². The van der Waals surface area contributed by atoms with Crippen molar-refractivity contribution in [2.75, 3.05) is 7.11 Å². The van der Waals surface area contributed by atoms with Crippen LogP contribution < -0.4 is 10.5 Å². The number of nitrogens with zero attached hydrogens (tertiary/aromatic N) is 4. The molecule has 2 aromatic heterocycles. The van der Waals surface area contributed by atoms with E-state index >= 15 is 0 Å². The molecule has 0 radical (unpaired) electrons. The number of methoxy groups -OCH3 is 1. The Labute approximate surface area is 96.7 Å². The van der Waals surface area contributed by atoms with Crippen LogP contribution in [0, 0.1) is 0 Å². The van der Waals surface area contributed by atoms with Crippen LogP contribution in [-0.2, 0) is 0 Å². The summed E-state index contributed by atoms with van der Waals surface area (Å²) in [5.41, 5.74) is 5.88. The average Bonchev–Trinajstić information content (AvgIpc) is 2.39. The van der Waals surface area contributed by atoms with E-state index in [4.69, 9.17) is 10.5 Å². The lowest BCUT2D eigenvalue weighted by Crippen LogP contribution is -2.11. The van der Waals surface area contributed by atoms with Crippen LogP contribution >= 0.6 is 0 Å². The van der Waals surface area contributed by atoms with Crippen molar-refractivity contribution in [2.45, 2.75) is 0 Å². The third kappa shape index (κ3) is 2.17.